The monoisotopic (exact) mass is 573 g/mol. The zero-order valence-electron chi connectivity index (χ0n) is 25.7. The van der Waals surface area contributed by atoms with Crippen LogP contribution in [0.4, 0.5) is 10.5 Å². The lowest BCUT2D eigenvalue weighted by atomic mass is 9.95. The van der Waals surface area contributed by atoms with Gasteiger partial charge in [0.1, 0.15) is 17.7 Å². The minimum Gasteiger partial charge on any atom is -0.444 e. The molecule has 42 heavy (non-hydrogen) atoms. The highest BCUT2D eigenvalue weighted by molar-refractivity contribution is 6.00. The molecule has 3 N–H and O–H groups in total. The van der Waals surface area contributed by atoms with Gasteiger partial charge in [-0.15, -0.1) is 0 Å². The average molecular weight is 574 g/mol. The van der Waals surface area contributed by atoms with E-state index < -0.39 is 35.6 Å². The van der Waals surface area contributed by atoms with Gasteiger partial charge >= 0.3 is 6.09 Å². The van der Waals surface area contributed by atoms with Crippen LogP contribution in [0.15, 0.2) is 66.7 Å². The summed E-state index contributed by atoms with van der Waals surface area (Å²) in [4.78, 5) is 42.9. The maximum absolute atomic E-state index is 14.4. The van der Waals surface area contributed by atoms with Crippen molar-refractivity contribution in [1.29, 1.82) is 0 Å². The molecule has 0 radical (unpaired) electrons. The van der Waals surface area contributed by atoms with E-state index in [1.165, 1.54) is 4.90 Å². The molecule has 0 aliphatic carbocycles. The first kappa shape index (κ1) is 32.3. The molecule has 2 atom stereocenters. The predicted octanol–water partition coefficient (Wildman–Crippen LogP) is 5.56. The minimum absolute atomic E-state index is 0.127. The third-order valence-electron chi connectivity index (χ3n) is 6.91. The van der Waals surface area contributed by atoms with E-state index in [0.717, 1.165) is 27.8 Å². The number of aliphatic hydroxyl groups is 1. The summed E-state index contributed by atoms with van der Waals surface area (Å²) in [5, 5.41) is 15.9. The highest BCUT2D eigenvalue weighted by Crippen LogP contribution is 2.29. The van der Waals surface area contributed by atoms with Crippen molar-refractivity contribution >= 4 is 23.6 Å². The second kappa shape index (κ2) is 14.1. The van der Waals surface area contributed by atoms with E-state index in [4.69, 9.17) is 4.74 Å². The highest BCUT2D eigenvalue weighted by Gasteiger charge is 2.37. The zero-order chi connectivity index (χ0) is 31.0. The molecular formula is C34H43N3O5. The first-order valence-corrected chi connectivity index (χ1v) is 14.2. The van der Waals surface area contributed by atoms with E-state index in [1.807, 2.05) is 94.4 Å². The number of para-hydroxylation sites is 1. The number of ether oxygens (including phenoxy) is 1. The van der Waals surface area contributed by atoms with Crippen molar-refractivity contribution in [2.24, 2.45) is 0 Å². The van der Waals surface area contributed by atoms with E-state index >= 15 is 0 Å². The molecule has 3 rings (SSSR count). The number of rotatable bonds is 10. The van der Waals surface area contributed by atoms with Crippen LogP contribution >= 0.6 is 0 Å². The third-order valence-corrected chi connectivity index (χ3v) is 6.91. The van der Waals surface area contributed by atoms with Crippen molar-refractivity contribution in [2.45, 2.75) is 72.6 Å². The van der Waals surface area contributed by atoms with E-state index in [0.29, 0.717) is 11.3 Å². The van der Waals surface area contributed by atoms with Crippen molar-refractivity contribution < 1.29 is 24.2 Å². The SMILES string of the molecule is Cc1ccc(C)c(C(C(=O)Nc2c(C)cccc2C)N(CCO)C(=O)C(Cc2ccccc2)NC(=O)OC(C)(C)C)c1. The van der Waals surface area contributed by atoms with Gasteiger partial charge in [-0.05, 0) is 76.3 Å². The largest absolute Gasteiger partial charge is 0.444 e. The van der Waals surface area contributed by atoms with Gasteiger partial charge in [-0.25, -0.2) is 4.79 Å². The number of benzene rings is 3. The van der Waals surface area contributed by atoms with Gasteiger partial charge in [0.25, 0.3) is 5.91 Å². The molecule has 3 aromatic rings. The number of hydrogen-bond donors (Lipinski definition) is 3. The Hall–Kier alpha value is -4.17. The van der Waals surface area contributed by atoms with Crippen molar-refractivity contribution in [3.63, 3.8) is 0 Å². The number of nitrogens with zero attached hydrogens (tertiary/aromatic N) is 1. The molecule has 0 heterocycles. The van der Waals surface area contributed by atoms with Crippen LogP contribution in [0, 0.1) is 27.7 Å². The van der Waals surface area contributed by atoms with Gasteiger partial charge in [-0.2, -0.15) is 0 Å². The Balaban J connectivity index is 2.10. The van der Waals surface area contributed by atoms with Crippen molar-refractivity contribution in [3.05, 3.63) is 100 Å². The van der Waals surface area contributed by atoms with Crippen molar-refractivity contribution in [1.82, 2.24) is 10.2 Å². The van der Waals surface area contributed by atoms with Gasteiger partial charge in [0.05, 0.1) is 6.61 Å². The molecule has 0 aliphatic heterocycles. The number of nitrogens with one attached hydrogen (secondary N) is 2. The Bertz CT molecular complexity index is 1380. The molecule has 8 heteroatoms. The van der Waals surface area contributed by atoms with Crippen molar-refractivity contribution in [2.75, 3.05) is 18.5 Å². The zero-order valence-corrected chi connectivity index (χ0v) is 25.7. The summed E-state index contributed by atoms with van der Waals surface area (Å²) in [5.74, 6) is -0.931. The topological polar surface area (TPSA) is 108 Å². The molecule has 0 bridgehead atoms. The van der Waals surface area contributed by atoms with Crippen molar-refractivity contribution in [3.8, 4) is 0 Å². The molecule has 0 aliphatic rings. The molecule has 0 saturated carbocycles. The third kappa shape index (κ3) is 8.66. The Morgan fingerprint density at radius 1 is 0.881 bits per heavy atom. The van der Waals surface area contributed by atoms with Crippen LogP contribution in [-0.2, 0) is 20.7 Å². The van der Waals surface area contributed by atoms with Gasteiger partial charge < -0.3 is 25.4 Å². The lowest BCUT2D eigenvalue weighted by molar-refractivity contribution is -0.141. The summed E-state index contributed by atoms with van der Waals surface area (Å²) < 4.78 is 5.48. The lowest BCUT2D eigenvalue weighted by Gasteiger charge is -2.35. The predicted molar refractivity (Wildman–Crippen MR) is 165 cm³/mol. The highest BCUT2D eigenvalue weighted by atomic mass is 16.6. The number of aliphatic hydroxyl groups excluding tert-OH is 1. The average Bonchev–Trinajstić information content (AvgIpc) is 2.91. The number of aryl methyl sites for hydroxylation is 4. The molecule has 8 nitrogen and oxygen atoms in total. The molecule has 0 fully saturated rings. The summed E-state index contributed by atoms with van der Waals surface area (Å²) >= 11 is 0. The lowest BCUT2D eigenvalue weighted by Crippen LogP contribution is -2.54. The Morgan fingerprint density at radius 3 is 2.12 bits per heavy atom. The second-order valence-electron chi connectivity index (χ2n) is 11.7. The molecular weight excluding hydrogens is 530 g/mol. The number of hydrogen-bond acceptors (Lipinski definition) is 5. The fraction of sp³-hybridized carbons (Fsp3) is 0.382. The molecule has 224 valence electrons. The fourth-order valence-electron chi connectivity index (χ4n) is 4.88. The minimum atomic E-state index is -1.08. The molecule has 3 amide bonds. The standard InChI is InChI=1S/C34H43N3O5/c1-22-16-17-23(2)27(20-22)30(31(39)36-29-24(3)12-11-13-25(29)4)37(18-19-38)32(40)28(21-26-14-9-8-10-15-26)35-33(41)42-34(5,6)7/h8-17,20,28,30,38H,18-19,21H2,1-7H3,(H,35,41)(H,36,39). The van der Waals surface area contributed by atoms with Crippen LogP contribution in [0.3, 0.4) is 0 Å². The number of amides is 3. The smallest absolute Gasteiger partial charge is 0.408 e. The first-order chi connectivity index (χ1) is 19.8. The fourth-order valence-corrected chi connectivity index (χ4v) is 4.88. The van der Waals surface area contributed by atoms with Gasteiger partial charge in [-0.1, -0.05) is 72.3 Å². The maximum atomic E-state index is 14.4. The normalized spacial score (nSPS) is 12.7. The van der Waals surface area contributed by atoms with E-state index in [-0.39, 0.29) is 19.6 Å². The molecule has 3 aromatic carbocycles. The summed E-state index contributed by atoms with van der Waals surface area (Å²) in [7, 11) is 0. The Kier molecular flexibility index (Phi) is 10.9. The molecule has 2 unspecified atom stereocenters. The maximum Gasteiger partial charge on any atom is 0.408 e. The van der Waals surface area contributed by atoms with Crippen LogP contribution < -0.4 is 10.6 Å². The number of anilines is 1. The summed E-state index contributed by atoms with van der Waals surface area (Å²) in [6.45, 7) is 12.3. The van der Waals surface area contributed by atoms with Crippen LogP contribution in [0.25, 0.3) is 0 Å². The number of alkyl carbamates (subject to hydrolysis) is 1. The van der Waals surface area contributed by atoms with Crippen LogP contribution in [0.2, 0.25) is 0 Å². The van der Waals surface area contributed by atoms with Crippen LogP contribution in [0.1, 0.15) is 60.2 Å². The van der Waals surface area contributed by atoms with E-state index in [1.54, 1.807) is 20.8 Å². The summed E-state index contributed by atoms with van der Waals surface area (Å²) in [6.07, 6.45) is -0.581. The first-order valence-electron chi connectivity index (χ1n) is 14.2. The number of carbonyl (C=O) groups is 3. The summed E-state index contributed by atoms with van der Waals surface area (Å²) in [5.41, 5.74) is 4.86. The Labute approximate surface area is 249 Å². The number of carbonyl (C=O) groups excluding carboxylic acids is 3. The van der Waals surface area contributed by atoms with Crippen LogP contribution in [-0.4, -0.2) is 52.7 Å². The van der Waals surface area contributed by atoms with Crippen LogP contribution in [0.5, 0.6) is 0 Å². The quantitative estimate of drug-likeness (QED) is 0.295. The van der Waals surface area contributed by atoms with E-state index in [2.05, 4.69) is 10.6 Å². The molecule has 0 saturated heterocycles. The Morgan fingerprint density at radius 2 is 1.52 bits per heavy atom. The second-order valence-corrected chi connectivity index (χ2v) is 11.7. The van der Waals surface area contributed by atoms with E-state index in [9.17, 15) is 19.5 Å². The molecule has 0 spiro atoms. The van der Waals surface area contributed by atoms with Gasteiger partial charge in [0, 0.05) is 18.7 Å². The van der Waals surface area contributed by atoms with Gasteiger partial charge in [0.2, 0.25) is 5.91 Å². The van der Waals surface area contributed by atoms with Gasteiger partial charge in [0.15, 0.2) is 0 Å². The molecule has 0 aromatic heterocycles. The summed E-state index contributed by atoms with van der Waals surface area (Å²) in [6, 6.07) is 18.6. The van der Waals surface area contributed by atoms with Gasteiger partial charge in [-0.3, -0.25) is 9.59 Å².